The molecule has 1 aromatic rings. The minimum Gasteiger partial charge on any atom is -0.336 e. The molecule has 1 fully saturated rings. The van der Waals surface area contributed by atoms with Gasteiger partial charge in [0.2, 0.25) is 10.0 Å². The molecule has 1 heterocycles. The maximum Gasteiger partial charge on any atom is 0.256 e. The van der Waals surface area contributed by atoms with Gasteiger partial charge in [-0.15, -0.1) is 0 Å². The summed E-state index contributed by atoms with van der Waals surface area (Å²) in [6.07, 6.45) is 0.530. The van der Waals surface area contributed by atoms with Crippen LogP contribution in [0.3, 0.4) is 0 Å². The first-order chi connectivity index (χ1) is 11.3. The number of carbonyl (C=O) groups excluding carboxylic acids is 1. The Morgan fingerprint density at radius 3 is 2.38 bits per heavy atom. The van der Waals surface area contributed by atoms with E-state index < -0.39 is 10.0 Å². The monoisotopic (exact) mass is 353 g/mol. The first-order valence-corrected chi connectivity index (χ1v) is 10.1. The van der Waals surface area contributed by atoms with Gasteiger partial charge in [-0.1, -0.05) is 19.1 Å². The molecule has 0 spiro atoms. The largest absolute Gasteiger partial charge is 0.336 e. The van der Waals surface area contributed by atoms with Gasteiger partial charge in [0.05, 0.1) is 17.0 Å². The fourth-order valence-electron chi connectivity index (χ4n) is 2.86. The number of anilines is 1. The van der Waals surface area contributed by atoms with Crippen molar-refractivity contribution in [3.63, 3.8) is 0 Å². The fraction of sp³-hybridized carbons (Fsp3) is 0.588. The molecular weight excluding hydrogens is 326 g/mol. The Kier molecular flexibility index (Phi) is 6.23. The highest BCUT2D eigenvalue weighted by molar-refractivity contribution is 7.92. The minimum absolute atomic E-state index is 0.0442. The van der Waals surface area contributed by atoms with Gasteiger partial charge < -0.3 is 4.90 Å². The van der Waals surface area contributed by atoms with Crippen LogP contribution < -0.4 is 4.72 Å². The highest BCUT2D eigenvalue weighted by atomic mass is 32.2. The van der Waals surface area contributed by atoms with Crippen molar-refractivity contribution in [3.8, 4) is 0 Å². The summed E-state index contributed by atoms with van der Waals surface area (Å²) in [5, 5.41) is 0. The summed E-state index contributed by atoms with van der Waals surface area (Å²) in [7, 11) is -3.42. The third-order valence-electron chi connectivity index (χ3n) is 4.23. The van der Waals surface area contributed by atoms with Crippen LogP contribution in [0.5, 0.6) is 0 Å². The van der Waals surface area contributed by atoms with E-state index in [1.54, 1.807) is 29.2 Å². The topological polar surface area (TPSA) is 69.7 Å². The Balaban J connectivity index is 2.13. The number of benzene rings is 1. The van der Waals surface area contributed by atoms with E-state index in [1.165, 1.54) is 0 Å². The van der Waals surface area contributed by atoms with Crippen molar-refractivity contribution >= 4 is 21.6 Å². The molecule has 0 bridgehead atoms. The molecule has 1 saturated heterocycles. The van der Waals surface area contributed by atoms with Crippen LogP contribution in [0.1, 0.15) is 37.6 Å². The van der Waals surface area contributed by atoms with E-state index in [2.05, 4.69) is 23.5 Å². The summed E-state index contributed by atoms with van der Waals surface area (Å²) >= 11 is 0. The Labute approximate surface area is 144 Å². The van der Waals surface area contributed by atoms with Crippen LogP contribution >= 0.6 is 0 Å². The van der Waals surface area contributed by atoms with Gasteiger partial charge in [0, 0.05) is 32.2 Å². The van der Waals surface area contributed by atoms with Crippen molar-refractivity contribution in [3.05, 3.63) is 29.8 Å². The number of para-hydroxylation sites is 1. The van der Waals surface area contributed by atoms with Gasteiger partial charge in [-0.2, -0.15) is 0 Å². The Morgan fingerprint density at radius 2 is 1.79 bits per heavy atom. The van der Waals surface area contributed by atoms with Crippen LogP contribution in [-0.2, 0) is 10.0 Å². The van der Waals surface area contributed by atoms with E-state index >= 15 is 0 Å². The molecule has 6 nitrogen and oxygen atoms in total. The molecule has 0 aliphatic carbocycles. The lowest BCUT2D eigenvalue weighted by Crippen LogP contribution is -2.50. The lowest BCUT2D eigenvalue weighted by Gasteiger charge is -2.37. The van der Waals surface area contributed by atoms with E-state index in [-0.39, 0.29) is 11.7 Å². The fourth-order valence-corrected chi connectivity index (χ4v) is 4.01. The van der Waals surface area contributed by atoms with Crippen molar-refractivity contribution in [2.24, 2.45) is 0 Å². The normalized spacial score (nSPS) is 16.4. The summed E-state index contributed by atoms with van der Waals surface area (Å²) in [5.41, 5.74) is 0.775. The number of rotatable bonds is 6. The van der Waals surface area contributed by atoms with Crippen molar-refractivity contribution in [2.75, 3.05) is 36.7 Å². The summed E-state index contributed by atoms with van der Waals surface area (Å²) in [6.45, 7) is 9.11. The summed E-state index contributed by atoms with van der Waals surface area (Å²) in [5.74, 6) is -0.0732. The molecule has 1 aromatic carbocycles. The van der Waals surface area contributed by atoms with Gasteiger partial charge >= 0.3 is 0 Å². The number of amides is 1. The highest BCUT2D eigenvalue weighted by Crippen LogP contribution is 2.20. The zero-order valence-corrected chi connectivity index (χ0v) is 15.5. The Bertz CT molecular complexity index is 665. The molecule has 2 rings (SSSR count). The summed E-state index contributed by atoms with van der Waals surface area (Å²) < 4.78 is 26.6. The molecule has 1 amide bonds. The van der Waals surface area contributed by atoms with Crippen LogP contribution in [0.15, 0.2) is 24.3 Å². The number of sulfonamides is 1. The number of hydrogen-bond donors (Lipinski definition) is 1. The van der Waals surface area contributed by atoms with Crippen LogP contribution in [0.4, 0.5) is 5.69 Å². The molecule has 7 heteroatoms. The van der Waals surface area contributed by atoms with Crippen LogP contribution in [0.25, 0.3) is 0 Å². The molecule has 0 radical (unpaired) electrons. The number of nitrogens with zero attached hydrogens (tertiary/aromatic N) is 2. The molecule has 24 heavy (non-hydrogen) atoms. The van der Waals surface area contributed by atoms with E-state index in [0.717, 1.165) is 13.1 Å². The number of carbonyl (C=O) groups is 1. The van der Waals surface area contributed by atoms with Crippen LogP contribution in [-0.4, -0.2) is 62.1 Å². The molecule has 134 valence electrons. The lowest BCUT2D eigenvalue weighted by atomic mass is 10.1. The third-order valence-corrected chi connectivity index (χ3v) is 5.70. The molecule has 1 N–H and O–H groups in total. The Hall–Kier alpha value is -1.60. The van der Waals surface area contributed by atoms with Gasteiger partial charge in [-0.25, -0.2) is 8.42 Å². The molecule has 0 saturated carbocycles. The molecule has 0 aromatic heterocycles. The van der Waals surface area contributed by atoms with E-state index in [4.69, 9.17) is 0 Å². The quantitative estimate of drug-likeness (QED) is 0.849. The first-order valence-electron chi connectivity index (χ1n) is 8.47. The van der Waals surface area contributed by atoms with Gasteiger partial charge in [-0.05, 0) is 32.4 Å². The first kappa shape index (κ1) is 18.7. The number of piperazine rings is 1. The van der Waals surface area contributed by atoms with Crippen molar-refractivity contribution in [2.45, 2.75) is 33.2 Å². The van der Waals surface area contributed by atoms with Crippen molar-refractivity contribution in [1.82, 2.24) is 9.80 Å². The van der Waals surface area contributed by atoms with E-state index in [1.807, 2.05) is 6.92 Å². The van der Waals surface area contributed by atoms with Gasteiger partial charge in [0.1, 0.15) is 0 Å². The smallest absolute Gasteiger partial charge is 0.256 e. The highest BCUT2D eigenvalue weighted by Gasteiger charge is 2.25. The Morgan fingerprint density at radius 1 is 1.17 bits per heavy atom. The predicted molar refractivity (Wildman–Crippen MR) is 96.8 cm³/mol. The SMILES string of the molecule is CCCS(=O)(=O)Nc1ccccc1C(=O)N1CCN(C(C)C)CC1. The second kappa shape index (κ2) is 7.98. The van der Waals surface area contributed by atoms with E-state index in [0.29, 0.717) is 36.8 Å². The predicted octanol–water partition coefficient (Wildman–Crippen LogP) is 2.00. The standard InChI is InChI=1S/C17H27N3O3S/c1-4-13-24(22,23)18-16-8-6-5-7-15(16)17(21)20-11-9-19(10-12-20)14(2)3/h5-8,14,18H,4,9-13H2,1-3H3. The zero-order valence-electron chi connectivity index (χ0n) is 14.7. The van der Waals surface area contributed by atoms with Crippen molar-refractivity contribution < 1.29 is 13.2 Å². The number of hydrogen-bond acceptors (Lipinski definition) is 4. The summed E-state index contributed by atoms with van der Waals surface area (Å²) in [4.78, 5) is 16.9. The maximum atomic E-state index is 12.8. The molecular formula is C17H27N3O3S. The van der Waals surface area contributed by atoms with Gasteiger partial charge in [-0.3, -0.25) is 14.4 Å². The van der Waals surface area contributed by atoms with Gasteiger partial charge in [0.15, 0.2) is 0 Å². The number of nitrogens with one attached hydrogen (secondary N) is 1. The average molecular weight is 353 g/mol. The maximum absolute atomic E-state index is 12.8. The molecule has 1 aliphatic rings. The third kappa shape index (κ3) is 4.70. The molecule has 0 unspecified atom stereocenters. The second-order valence-electron chi connectivity index (χ2n) is 6.39. The molecule has 0 atom stereocenters. The summed E-state index contributed by atoms with van der Waals surface area (Å²) in [6, 6.07) is 7.29. The van der Waals surface area contributed by atoms with Gasteiger partial charge in [0.25, 0.3) is 5.91 Å². The van der Waals surface area contributed by atoms with Crippen LogP contribution in [0, 0.1) is 0 Å². The van der Waals surface area contributed by atoms with Crippen LogP contribution in [0.2, 0.25) is 0 Å². The van der Waals surface area contributed by atoms with Crippen molar-refractivity contribution in [1.29, 1.82) is 0 Å². The van der Waals surface area contributed by atoms with E-state index in [9.17, 15) is 13.2 Å². The zero-order chi connectivity index (χ0) is 17.7. The minimum atomic E-state index is -3.42. The second-order valence-corrected chi connectivity index (χ2v) is 8.23. The lowest BCUT2D eigenvalue weighted by molar-refractivity contribution is 0.0596. The average Bonchev–Trinajstić information content (AvgIpc) is 2.54. The molecule has 1 aliphatic heterocycles.